The summed E-state index contributed by atoms with van der Waals surface area (Å²) in [5.74, 6) is -0.990. The Bertz CT molecular complexity index is 369. The minimum Gasteiger partial charge on any atom is -0.477 e. The van der Waals surface area contributed by atoms with Gasteiger partial charge < -0.3 is 5.11 Å². The first-order valence-electron chi connectivity index (χ1n) is 4.22. The summed E-state index contributed by atoms with van der Waals surface area (Å²) < 4.78 is 0.544. The van der Waals surface area contributed by atoms with E-state index in [0.29, 0.717) is 4.60 Å². The molecule has 0 atom stereocenters. The molecule has 1 N–H and O–H groups in total. The Kier molecular flexibility index (Phi) is 2.95. The third-order valence-corrected chi connectivity index (χ3v) is 2.31. The van der Waals surface area contributed by atoms with Crippen LogP contribution in [0.15, 0.2) is 16.7 Å². The van der Waals surface area contributed by atoms with Gasteiger partial charge in [0.05, 0.1) is 0 Å². The molecule has 0 radical (unpaired) electrons. The molecule has 0 aliphatic heterocycles. The van der Waals surface area contributed by atoms with Crippen molar-refractivity contribution in [1.82, 2.24) is 4.98 Å². The van der Waals surface area contributed by atoms with Crippen molar-refractivity contribution in [2.24, 2.45) is 0 Å². The van der Waals surface area contributed by atoms with Gasteiger partial charge in [-0.15, -0.1) is 0 Å². The number of nitrogens with zero attached hydrogens (tertiary/aromatic N) is 1. The van der Waals surface area contributed by atoms with Crippen LogP contribution in [0.25, 0.3) is 0 Å². The maximum Gasteiger partial charge on any atom is 0.354 e. The number of carbonyl (C=O) groups is 1. The molecule has 0 aromatic carbocycles. The first-order valence-corrected chi connectivity index (χ1v) is 5.02. The quantitative estimate of drug-likeness (QED) is 0.788. The second-order valence-corrected chi connectivity index (χ2v) is 4.90. The third-order valence-electron chi connectivity index (χ3n) is 1.87. The average Bonchev–Trinajstić information content (AvgIpc) is 2.01. The highest BCUT2D eigenvalue weighted by Gasteiger charge is 2.22. The van der Waals surface area contributed by atoms with E-state index in [2.05, 4.69) is 20.9 Å². The lowest BCUT2D eigenvalue weighted by Crippen LogP contribution is -2.18. The highest BCUT2D eigenvalue weighted by Crippen LogP contribution is 2.26. The monoisotopic (exact) mass is 257 g/mol. The molecule has 0 fully saturated rings. The Morgan fingerprint density at radius 1 is 1.43 bits per heavy atom. The fourth-order valence-corrected chi connectivity index (χ4v) is 1.51. The molecule has 1 rings (SSSR count). The molecule has 1 aromatic rings. The fourth-order valence-electron chi connectivity index (χ4n) is 1.20. The molecule has 0 saturated carbocycles. The lowest BCUT2D eigenvalue weighted by atomic mass is 9.86. The van der Waals surface area contributed by atoms with Crippen LogP contribution < -0.4 is 0 Å². The first-order chi connectivity index (χ1) is 6.32. The van der Waals surface area contributed by atoms with Crippen LogP contribution in [0, 0.1) is 0 Å². The van der Waals surface area contributed by atoms with Crippen molar-refractivity contribution in [3.63, 3.8) is 0 Å². The van der Waals surface area contributed by atoms with E-state index >= 15 is 0 Å². The second kappa shape index (κ2) is 3.69. The molecule has 0 bridgehead atoms. The molecule has 4 heteroatoms. The Morgan fingerprint density at radius 2 is 2.00 bits per heavy atom. The van der Waals surface area contributed by atoms with Crippen LogP contribution in [0.5, 0.6) is 0 Å². The van der Waals surface area contributed by atoms with Crippen molar-refractivity contribution in [2.45, 2.75) is 26.2 Å². The van der Waals surface area contributed by atoms with Crippen LogP contribution in [0.4, 0.5) is 0 Å². The van der Waals surface area contributed by atoms with E-state index in [1.54, 1.807) is 12.1 Å². The summed E-state index contributed by atoms with van der Waals surface area (Å²) >= 11 is 3.16. The molecule has 0 amide bonds. The predicted octanol–water partition coefficient (Wildman–Crippen LogP) is 2.84. The van der Waals surface area contributed by atoms with Crippen molar-refractivity contribution in [3.05, 3.63) is 28.0 Å². The smallest absolute Gasteiger partial charge is 0.354 e. The average molecular weight is 258 g/mol. The number of pyridine rings is 1. The van der Waals surface area contributed by atoms with Gasteiger partial charge >= 0.3 is 5.97 Å². The van der Waals surface area contributed by atoms with Gasteiger partial charge in [-0.3, -0.25) is 0 Å². The van der Waals surface area contributed by atoms with Crippen molar-refractivity contribution in [3.8, 4) is 0 Å². The van der Waals surface area contributed by atoms with Crippen LogP contribution in [-0.4, -0.2) is 16.1 Å². The van der Waals surface area contributed by atoms with Crippen molar-refractivity contribution in [2.75, 3.05) is 0 Å². The molecule has 14 heavy (non-hydrogen) atoms. The van der Waals surface area contributed by atoms with Crippen LogP contribution in [0.3, 0.4) is 0 Å². The molecule has 76 valence electrons. The number of aromatic nitrogens is 1. The van der Waals surface area contributed by atoms with E-state index in [1.165, 1.54) is 0 Å². The lowest BCUT2D eigenvalue weighted by molar-refractivity contribution is 0.0687. The summed E-state index contributed by atoms with van der Waals surface area (Å²) in [6, 6.07) is 3.55. The van der Waals surface area contributed by atoms with Gasteiger partial charge in [-0.05, 0) is 33.0 Å². The number of halogens is 1. The van der Waals surface area contributed by atoms with E-state index in [1.807, 2.05) is 20.8 Å². The van der Waals surface area contributed by atoms with E-state index < -0.39 is 5.97 Å². The predicted molar refractivity (Wildman–Crippen MR) is 57.6 cm³/mol. The third kappa shape index (κ3) is 2.32. The number of carboxylic acids is 1. The summed E-state index contributed by atoms with van der Waals surface area (Å²) in [5.41, 5.74) is 0.654. The van der Waals surface area contributed by atoms with E-state index in [4.69, 9.17) is 5.11 Å². The number of carboxylic acid groups (broad SMARTS) is 1. The zero-order valence-corrected chi connectivity index (χ0v) is 9.92. The number of hydrogen-bond donors (Lipinski definition) is 1. The molecule has 0 unspecified atom stereocenters. The molecule has 1 heterocycles. The number of hydrogen-bond acceptors (Lipinski definition) is 2. The first kappa shape index (κ1) is 11.2. The summed E-state index contributed by atoms with van der Waals surface area (Å²) in [7, 11) is 0. The number of aromatic carboxylic acids is 1. The second-order valence-electron chi connectivity index (χ2n) is 4.09. The van der Waals surface area contributed by atoms with Crippen molar-refractivity contribution in [1.29, 1.82) is 0 Å². The topological polar surface area (TPSA) is 50.2 Å². The van der Waals surface area contributed by atoms with Crippen molar-refractivity contribution < 1.29 is 9.90 Å². The minimum absolute atomic E-state index is 0.117. The maximum absolute atomic E-state index is 10.9. The lowest BCUT2D eigenvalue weighted by Gasteiger charge is -2.20. The normalized spacial score (nSPS) is 11.4. The standard InChI is InChI=1S/C10H12BrNO2/c1-10(2,3)6-4-5-7(11)12-8(6)9(13)14/h4-5H,1-3H3,(H,13,14). The van der Waals surface area contributed by atoms with Gasteiger partial charge in [-0.25, -0.2) is 9.78 Å². The molecule has 0 spiro atoms. The SMILES string of the molecule is CC(C)(C)c1ccc(Br)nc1C(=O)O. The maximum atomic E-state index is 10.9. The van der Waals surface area contributed by atoms with Gasteiger partial charge in [0.25, 0.3) is 0 Å². The molecule has 0 saturated heterocycles. The van der Waals surface area contributed by atoms with E-state index in [0.717, 1.165) is 5.56 Å². The van der Waals surface area contributed by atoms with Crippen LogP contribution in [-0.2, 0) is 5.41 Å². The molecular formula is C10H12BrNO2. The summed E-state index contributed by atoms with van der Waals surface area (Å²) in [4.78, 5) is 14.9. The summed E-state index contributed by atoms with van der Waals surface area (Å²) in [6.07, 6.45) is 0. The zero-order chi connectivity index (χ0) is 10.9. The molecular weight excluding hydrogens is 246 g/mol. The van der Waals surface area contributed by atoms with Gasteiger partial charge in [-0.2, -0.15) is 0 Å². The van der Waals surface area contributed by atoms with E-state index in [-0.39, 0.29) is 11.1 Å². The molecule has 3 nitrogen and oxygen atoms in total. The van der Waals surface area contributed by atoms with Crippen molar-refractivity contribution >= 4 is 21.9 Å². The Balaban J connectivity index is 3.37. The molecule has 0 aliphatic rings. The number of rotatable bonds is 1. The fraction of sp³-hybridized carbons (Fsp3) is 0.400. The Morgan fingerprint density at radius 3 is 2.43 bits per heavy atom. The van der Waals surface area contributed by atoms with Gasteiger partial charge in [0, 0.05) is 0 Å². The Labute approximate surface area is 91.3 Å². The minimum atomic E-state index is -0.990. The van der Waals surface area contributed by atoms with Crippen LogP contribution in [0.1, 0.15) is 36.8 Å². The van der Waals surface area contributed by atoms with Gasteiger partial charge in [0.2, 0.25) is 0 Å². The zero-order valence-electron chi connectivity index (χ0n) is 8.34. The van der Waals surface area contributed by atoms with E-state index in [9.17, 15) is 4.79 Å². The highest BCUT2D eigenvalue weighted by molar-refractivity contribution is 9.10. The molecule has 0 aliphatic carbocycles. The van der Waals surface area contributed by atoms with Gasteiger partial charge in [0.1, 0.15) is 4.60 Å². The summed E-state index contributed by atoms with van der Waals surface area (Å²) in [5, 5.41) is 8.97. The van der Waals surface area contributed by atoms with Gasteiger partial charge in [0.15, 0.2) is 5.69 Å². The van der Waals surface area contributed by atoms with Gasteiger partial charge in [-0.1, -0.05) is 26.8 Å². The molecule has 1 aromatic heterocycles. The van der Waals surface area contributed by atoms with Crippen LogP contribution in [0.2, 0.25) is 0 Å². The van der Waals surface area contributed by atoms with Crippen LogP contribution >= 0.6 is 15.9 Å². The summed E-state index contributed by atoms with van der Waals surface area (Å²) in [6.45, 7) is 5.89. The Hall–Kier alpha value is -0.900. The highest BCUT2D eigenvalue weighted by atomic mass is 79.9. The largest absolute Gasteiger partial charge is 0.477 e.